The van der Waals surface area contributed by atoms with Crippen molar-refractivity contribution in [3.05, 3.63) is 59.8 Å². The number of aromatic hydroxyl groups is 1. The summed E-state index contributed by atoms with van der Waals surface area (Å²) in [6.07, 6.45) is 6.54. The number of thiophene rings is 1. The molecule has 6 rings (SSSR count). The zero-order valence-electron chi connectivity index (χ0n) is 15.4. The Kier molecular flexibility index (Phi) is 3.62. The number of aromatic nitrogens is 7. The molecule has 0 aliphatic heterocycles. The molecule has 0 fully saturated rings. The first kappa shape index (κ1) is 16.8. The first-order valence-electron chi connectivity index (χ1n) is 9.12. The third-order valence-electron chi connectivity index (χ3n) is 4.89. The number of fused-ring (bicyclic) bond motifs is 2. The van der Waals surface area contributed by atoms with Crippen LogP contribution in [0.1, 0.15) is 0 Å². The number of hydrogen-bond acceptors (Lipinski definition) is 7. The van der Waals surface area contributed by atoms with Gasteiger partial charge in [0.2, 0.25) is 0 Å². The smallest absolute Gasteiger partial charge is 0.159 e. The van der Waals surface area contributed by atoms with Gasteiger partial charge >= 0.3 is 0 Å². The van der Waals surface area contributed by atoms with Crippen LogP contribution in [0.3, 0.4) is 0 Å². The maximum atomic E-state index is 9.74. The predicted octanol–water partition coefficient (Wildman–Crippen LogP) is 4.39. The lowest BCUT2D eigenvalue weighted by Crippen LogP contribution is -1.86. The lowest BCUT2D eigenvalue weighted by molar-refractivity contribution is 0.473. The zero-order chi connectivity index (χ0) is 20.1. The van der Waals surface area contributed by atoms with E-state index in [4.69, 9.17) is 4.98 Å². The number of aromatic amines is 2. The van der Waals surface area contributed by atoms with Crippen molar-refractivity contribution < 1.29 is 5.11 Å². The summed E-state index contributed by atoms with van der Waals surface area (Å²) in [5.74, 6) is 0.736. The molecule has 0 atom stereocenters. The summed E-state index contributed by atoms with van der Waals surface area (Å²) in [4.78, 5) is 21.2. The Morgan fingerprint density at radius 3 is 2.77 bits per heavy atom. The fraction of sp³-hybridized carbons (Fsp3) is 0. The number of hydrogen-bond donors (Lipinski definition) is 3. The summed E-state index contributed by atoms with van der Waals surface area (Å²) < 4.78 is 0. The second kappa shape index (κ2) is 6.46. The summed E-state index contributed by atoms with van der Waals surface area (Å²) in [7, 11) is 0. The Bertz CT molecular complexity index is 1520. The lowest BCUT2D eigenvalue weighted by atomic mass is 10.1. The van der Waals surface area contributed by atoms with E-state index >= 15 is 0 Å². The van der Waals surface area contributed by atoms with Gasteiger partial charge in [0.1, 0.15) is 17.0 Å². The fourth-order valence-corrected chi connectivity index (χ4v) is 4.12. The largest absolute Gasteiger partial charge is 0.506 e. The maximum absolute atomic E-state index is 9.74. The number of pyridine rings is 3. The van der Waals surface area contributed by atoms with E-state index in [1.165, 1.54) is 6.20 Å². The Hall–Kier alpha value is -4.11. The minimum atomic E-state index is 0.0903. The van der Waals surface area contributed by atoms with Crippen LogP contribution in [0, 0.1) is 0 Å². The van der Waals surface area contributed by atoms with Gasteiger partial charge in [0.25, 0.3) is 0 Å². The minimum absolute atomic E-state index is 0.0903. The number of rotatable bonds is 3. The summed E-state index contributed by atoms with van der Waals surface area (Å²) in [6.45, 7) is 0. The van der Waals surface area contributed by atoms with Crippen LogP contribution in [0.15, 0.2) is 59.8 Å². The third kappa shape index (κ3) is 2.64. The highest BCUT2D eigenvalue weighted by Gasteiger charge is 2.17. The van der Waals surface area contributed by atoms with Gasteiger partial charge in [-0.15, -0.1) is 0 Å². The molecule has 0 aromatic carbocycles. The van der Waals surface area contributed by atoms with Crippen molar-refractivity contribution in [2.24, 2.45) is 0 Å². The van der Waals surface area contributed by atoms with Gasteiger partial charge in [-0.3, -0.25) is 20.1 Å². The van der Waals surface area contributed by atoms with Crippen LogP contribution in [-0.2, 0) is 0 Å². The molecule has 0 amide bonds. The molecular weight excluding hydrogens is 398 g/mol. The summed E-state index contributed by atoms with van der Waals surface area (Å²) >= 11 is 1.62. The van der Waals surface area contributed by atoms with E-state index < -0.39 is 0 Å². The van der Waals surface area contributed by atoms with Gasteiger partial charge in [0.05, 0.1) is 34.8 Å². The van der Waals surface area contributed by atoms with E-state index in [0.717, 1.165) is 38.8 Å². The van der Waals surface area contributed by atoms with E-state index in [-0.39, 0.29) is 5.75 Å². The highest BCUT2D eigenvalue weighted by atomic mass is 32.1. The lowest BCUT2D eigenvalue weighted by Gasteiger charge is -2.01. The first-order valence-corrected chi connectivity index (χ1v) is 10.1. The van der Waals surface area contributed by atoms with Crippen molar-refractivity contribution >= 4 is 33.3 Å². The average molecular weight is 411 g/mol. The first-order chi connectivity index (χ1) is 14.8. The van der Waals surface area contributed by atoms with Crippen LogP contribution >= 0.6 is 11.3 Å². The molecule has 0 aliphatic carbocycles. The van der Waals surface area contributed by atoms with Crippen LogP contribution in [0.5, 0.6) is 5.75 Å². The predicted molar refractivity (Wildman–Crippen MR) is 115 cm³/mol. The molecule has 0 spiro atoms. The highest BCUT2D eigenvalue weighted by molar-refractivity contribution is 7.08. The van der Waals surface area contributed by atoms with E-state index in [2.05, 4.69) is 35.5 Å². The van der Waals surface area contributed by atoms with Crippen molar-refractivity contribution in [2.45, 2.75) is 0 Å². The van der Waals surface area contributed by atoms with E-state index in [1.807, 2.05) is 23.6 Å². The molecule has 6 aromatic rings. The number of H-pyrrole nitrogens is 2. The zero-order valence-corrected chi connectivity index (χ0v) is 16.2. The normalized spacial score (nSPS) is 11.5. The van der Waals surface area contributed by atoms with Crippen molar-refractivity contribution in [1.82, 2.24) is 35.1 Å². The van der Waals surface area contributed by atoms with Crippen molar-refractivity contribution in [2.75, 3.05) is 0 Å². The monoisotopic (exact) mass is 411 g/mol. The molecular formula is C21H13N7OS. The third-order valence-corrected chi connectivity index (χ3v) is 5.57. The SMILES string of the molecule is Oc1cncc(-c2cc3c(-c4nc5c(-c6ccsc6)nccc5[nH]4)n[nH]c3cn2)c1. The molecule has 0 aliphatic rings. The number of nitrogens with zero attached hydrogens (tertiary/aromatic N) is 5. The molecule has 30 heavy (non-hydrogen) atoms. The summed E-state index contributed by atoms with van der Waals surface area (Å²) in [5.41, 5.74) is 6.45. The van der Waals surface area contributed by atoms with Crippen LogP contribution < -0.4 is 0 Å². The average Bonchev–Trinajstić information content (AvgIpc) is 3.51. The Balaban J connectivity index is 1.52. The van der Waals surface area contributed by atoms with Gasteiger partial charge in [0, 0.05) is 34.3 Å². The molecule has 0 radical (unpaired) electrons. The standard InChI is InChI=1S/C21H13N7OS/c29-13-5-12(7-22-8-13)16-6-14-17(9-24-16)27-28-19(14)21-25-15-1-3-23-18(20(15)26-21)11-2-4-30-10-11/h1-10,29H,(H,25,26)(H,27,28). The minimum Gasteiger partial charge on any atom is -0.506 e. The van der Waals surface area contributed by atoms with Gasteiger partial charge < -0.3 is 10.1 Å². The quantitative estimate of drug-likeness (QED) is 0.398. The fourth-order valence-electron chi connectivity index (χ4n) is 3.48. The molecule has 144 valence electrons. The number of nitrogens with one attached hydrogen (secondary N) is 2. The molecule has 0 bridgehead atoms. The van der Waals surface area contributed by atoms with Crippen molar-refractivity contribution in [3.8, 4) is 39.8 Å². The Morgan fingerprint density at radius 2 is 1.90 bits per heavy atom. The molecule has 6 heterocycles. The van der Waals surface area contributed by atoms with Gasteiger partial charge in [-0.2, -0.15) is 16.4 Å². The van der Waals surface area contributed by atoms with E-state index in [9.17, 15) is 5.11 Å². The molecule has 0 saturated heterocycles. The van der Waals surface area contributed by atoms with Crippen LogP contribution in [0.2, 0.25) is 0 Å². The molecule has 6 aromatic heterocycles. The Morgan fingerprint density at radius 1 is 0.933 bits per heavy atom. The summed E-state index contributed by atoms with van der Waals surface area (Å²) in [6, 6.07) is 7.48. The van der Waals surface area contributed by atoms with E-state index in [1.54, 1.807) is 36.0 Å². The second-order valence-corrected chi connectivity index (χ2v) is 7.55. The van der Waals surface area contributed by atoms with Gasteiger partial charge in [-0.1, -0.05) is 0 Å². The van der Waals surface area contributed by atoms with Crippen molar-refractivity contribution in [1.29, 1.82) is 0 Å². The topological polar surface area (TPSA) is 116 Å². The Labute approximate surface area is 173 Å². The molecule has 0 saturated carbocycles. The van der Waals surface area contributed by atoms with Crippen molar-refractivity contribution in [3.63, 3.8) is 0 Å². The van der Waals surface area contributed by atoms with Gasteiger partial charge in [0.15, 0.2) is 5.82 Å². The maximum Gasteiger partial charge on any atom is 0.159 e. The van der Waals surface area contributed by atoms with E-state index in [0.29, 0.717) is 17.2 Å². The van der Waals surface area contributed by atoms with Gasteiger partial charge in [-0.05, 0) is 29.6 Å². The molecule has 3 N–H and O–H groups in total. The second-order valence-electron chi connectivity index (χ2n) is 6.77. The molecule has 8 nitrogen and oxygen atoms in total. The number of imidazole rings is 1. The molecule has 9 heteroatoms. The van der Waals surface area contributed by atoms with Gasteiger partial charge in [-0.25, -0.2) is 4.98 Å². The van der Waals surface area contributed by atoms with Crippen LogP contribution in [0.25, 0.3) is 56.0 Å². The molecule has 0 unspecified atom stereocenters. The van der Waals surface area contributed by atoms with Crippen LogP contribution in [-0.4, -0.2) is 40.2 Å². The highest BCUT2D eigenvalue weighted by Crippen LogP contribution is 2.32. The van der Waals surface area contributed by atoms with Crippen LogP contribution in [0.4, 0.5) is 0 Å². The summed E-state index contributed by atoms with van der Waals surface area (Å²) in [5, 5.41) is 22.2.